The molecule has 0 spiro atoms. The van der Waals surface area contributed by atoms with E-state index in [9.17, 15) is 0 Å². The number of hydrogen-bond acceptors (Lipinski definition) is 3. The minimum absolute atomic E-state index is 0.739. The van der Waals surface area contributed by atoms with E-state index in [1.807, 2.05) is 72.8 Å². The zero-order valence-corrected chi connectivity index (χ0v) is 13.8. The van der Waals surface area contributed by atoms with Crippen LogP contribution >= 0.6 is 0 Å². The molecule has 0 aliphatic heterocycles. The minimum atomic E-state index is 0.739. The van der Waals surface area contributed by atoms with Gasteiger partial charge in [0, 0.05) is 17.1 Å². The van der Waals surface area contributed by atoms with E-state index in [2.05, 4.69) is 4.90 Å². The lowest BCUT2D eigenvalue weighted by Crippen LogP contribution is -2.11. The maximum Gasteiger partial charge on any atom is 0.119 e. The Labute approximate surface area is 143 Å². The van der Waals surface area contributed by atoms with E-state index >= 15 is 0 Å². The van der Waals surface area contributed by atoms with Crippen molar-refractivity contribution in [3.63, 3.8) is 0 Å². The van der Waals surface area contributed by atoms with Gasteiger partial charge in [-0.1, -0.05) is 17.6 Å². The maximum atomic E-state index is 5.83. The molecule has 3 nitrogen and oxygen atoms in total. The Hall–Kier alpha value is -2.88. The molecule has 0 saturated heterocycles. The Balaban J connectivity index is 2.06. The lowest BCUT2D eigenvalue weighted by Gasteiger charge is -2.26. The van der Waals surface area contributed by atoms with Gasteiger partial charge in [-0.25, -0.2) is 0 Å². The summed E-state index contributed by atoms with van der Waals surface area (Å²) >= 11 is 0. The van der Waals surface area contributed by atoms with Crippen LogP contribution in [0.4, 0.5) is 17.1 Å². The van der Waals surface area contributed by atoms with Gasteiger partial charge < -0.3 is 14.4 Å². The Kier molecular flexibility index (Phi) is 4.75. The van der Waals surface area contributed by atoms with E-state index in [0.717, 1.165) is 34.0 Å². The fourth-order valence-corrected chi connectivity index (χ4v) is 2.53. The molecule has 118 valence electrons. The third-order valence-electron chi connectivity index (χ3n) is 3.81. The van der Waals surface area contributed by atoms with Gasteiger partial charge in [0.05, 0.1) is 14.2 Å². The highest BCUT2D eigenvalue weighted by Crippen LogP contribution is 2.35. The predicted molar refractivity (Wildman–Crippen MR) is 99.6 cm³/mol. The highest BCUT2D eigenvalue weighted by Gasteiger charge is 2.12. The standard InChI is InChI=1S/C20H18BNO2/c1-23-19-11-7-17(8-12-19)22(16-5-3-15(21)4-6-16)18-9-13-20(24-2)14-10-18/h3-14H,1-2H3. The average molecular weight is 315 g/mol. The summed E-state index contributed by atoms with van der Waals surface area (Å²) < 4.78 is 10.5. The van der Waals surface area contributed by atoms with Crippen molar-refractivity contribution in [2.75, 3.05) is 19.1 Å². The van der Waals surface area contributed by atoms with Crippen molar-refractivity contribution in [2.45, 2.75) is 0 Å². The zero-order valence-electron chi connectivity index (χ0n) is 13.8. The van der Waals surface area contributed by atoms with Crippen LogP contribution in [-0.4, -0.2) is 22.1 Å². The van der Waals surface area contributed by atoms with E-state index in [-0.39, 0.29) is 0 Å². The van der Waals surface area contributed by atoms with Crippen LogP contribution in [-0.2, 0) is 0 Å². The van der Waals surface area contributed by atoms with E-state index in [4.69, 9.17) is 17.3 Å². The van der Waals surface area contributed by atoms with Crippen LogP contribution in [0.2, 0.25) is 0 Å². The van der Waals surface area contributed by atoms with Gasteiger partial charge in [-0.05, 0) is 60.7 Å². The first-order valence-corrected chi connectivity index (χ1v) is 7.65. The van der Waals surface area contributed by atoms with Crippen molar-refractivity contribution in [1.82, 2.24) is 0 Å². The molecule has 0 aliphatic carbocycles. The van der Waals surface area contributed by atoms with Crippen molar-refractivity contribution in [3.8, 4) is 11.5 Å². The van der Waals surface area contributed by atoms with Crippen LogP contribution in [0.15, 0.2) is 72.8 Å². The van der Waals surface area contributed by atoms with Gasteiger partial charge in [0.1, 0.15) is 19.3 Å². The summed E-state index contributed by atoms with van der Waals surface area (Å²) in [5.41, 5.74) is 3.83. The molecule has 3 aromatic rings. The van der Waals surface area contributed by atoms with Crippen molar-refractivity contribution in [2.24, 2.45) is 0 Å². The molecular formula is C20H18BNO2. The van der Waals surface area contributed by atoms with Crippen LogP contribution in [0.25, 0.3) is 0 Å². The molecule has 0 unspecified atom stereocenters. The van der Waals surface area contributed by atoms with E-state index in [1.54, 1.807) is 14.2 Å². The molecule has 0 N–H and O–H groups in total. The van der Waals surface area contributed by atoms with Crippen molar-refractivity contribution >= 4 is 30.4 Å². The van der Waals surface area contributed by atoms with Gasteiger partial charge in [-0.3, -0.25) is 0 Å². The quantitative estimate of drug-likeness (QED) is 0.665. The van der Waals surface area contributed by atoms with Crippen molar-refractivity contribution < 1.29 is 9.47 Å². The molecule has 0 atom stereocenters. The Morgan fingerprint density at radius 3 is 1.25 bits per heavy atom. The smallest absolute Gasteiger partial charge is 0.119 e. The summed E-state index contributed by atoms with van der Waals surface area (Å²) in [7, 11) is 9.15. The van der Waals surface area contributed by atoms with Crippen LogP contribution in [0.5, 0.6) is 11.5 Å². The van der Waals surface area contributed by atoms with E-state index in [1.165, 1.54) is 0 Å². The van der Waals surface area contributed by atoms with Crippen LogP contribution in [0.1, 0.15) is 0 Å². The third-order valence-corrected chi connectivity index (χ3v) is 3.81. The summed E-state index contributed by atoms with van der Waals surface area (Å²) in [6.07, 6.45) is 0. The Morgan fingerprint density at radius 2 is 0.917 bits per heavy atom. The summed E-state index contributed by atoms with van der Waals surface area (Å²) in [6.45, 7) is 0. The number of benzene rings is 3. The van der Waals surface area contributed by atoms with Crippen LogP contribution < -0.4 is 19.8 Å². The molecule has 0 heterocycles. The number of methoxy groups -OCH3 is 2. The Bertz CT molecular complexity index is 736. The second kappa shape index (κ2) is 7.13. The average Bonchev–Trinajstić information content (AvgIpc) is 2.64. The zero-order chi connectivity index (χ0) is 16.9. The molecule has 4 heteroatoms. The molecule has 0 aliphatic rings. The summed E-state index contributed by atoms with van der Waals surface area (Å²) in [5.74, 6) is 1.65. The summed E-state index contributed by atoms with van der Waals surface area (Å²) in [5, 5.41) is 0. The highest BCUT2D eigenvalue weighted by atomic mass is 16.5. The summed E-state index contributed by atoms with van der Waals surface area (Å²) in [4.78, 5) is 2.15. The molecule has 0 aromatic heterocycles. The normalized spacial score (nSPS) is 10.2. The van der Waals surface area contributed by atoms with Gasteiger partial charge in [0.25, 0.3) is 0 Å². The highest BCUT2D eigenvalue weighted by molar-refractivity contribution is 6.32. The van der Waals surface area contributed by atoms with Gasteiger partial charge in [0.2, 0.25) is 0 Å². The van der Waals surface area contributed by atoms with Gasteiger partial charge in [0.15, 0.2) is 0 Å². The van der Waals surface area contributed by atoms with Crippen LogP contribution in [0.3, 0.4) is 0 Å². The first-order valence-electron chi connectivity index (χ1n) is 7.65. The second-order valence-corrected chi connectivity index (χ2v) is 5.32. The van der Waals surface area contributed by atoms with Gasteiger partial charge in [-0.15, -0.1) is 0 Å². The lowest BCUT2D eigenvalue weighted by atomic mass is 9.96. The first kappa shape index (κ1) is 16.0. The largest absolute Gasteiger partial charge is 0.497 e. The molecule has 3 rings (SSSR count). The predicted octanol–water partition coefficient (Wildman–Crippen LogP) is 3.97. The van der Waals surface area contributed by atoms with Crippen LogP contribution in [0, 0.1) is 0 Å². The third kappa shape index (κ3) is 3.38. The maximum absolute atomic E-state index is 5.83. The van der Waals surface area contributed by atoms with Gasteiger partial charge >= 0.3 is 0 Å². The van der Waals surface area contributed by atoms with E-state index in [0.29, 0.717) is 0 Å². The number of rotatable bonds is 5. The topological polar surface area (TPSA) is 21.7 Å². The second-order valence-electron chi connectivity index (χ2n) is 5.32. The number of anilines is 3. The van der Waals surface area contributed by atoms with Crippen molar-refractivity contribution in [3.05, 3.63) is 72.8 Å². The minimum Gasteiger partial charge on any atom is -0.497 e. The lowest BCUT2D eigenvalue weighted by molar-refractivity contribution is 0.415. The molecule has 0 saturated carbocycles. The molecular weight excluding hydrogens is 297 g/mol. The van der Waals surface area contributed by atoms with Crippen molar-refractivity contribution in [1.29, 1.82) is 0 Å². The first-order chi connectivity index (χ1) is 11.7. The fourth-order valence-electron chi connectivity index (χ4n) is 2.53. The van der Waals surface area contributed by atoms with Gasteiger partial charge in [-0.2, -0.15) is 0 Å². The molecule has 0 amide bonds. The monoisotopic (exact) mass is 315 g/mol. The number of nitrogens with zero attached hydrogens (tertiary/aromatic N) is 1. The molecule has 24 heavy (non-hydrogen) atoms. The molecule has 2 radical (unpaired) electrons. The molecule has 0 fully saturated rings. The molecule has 0 bridgehead atoms. The Morgan fingerprint density at radius 1 is 0.583 bits per heavy atom. The summed E-state index contributed by atoms with van der Waals surface area (Å²) in [6, 6.07) is 23.7. The number of ether oxygens (including phenoxy) is 2. The number of hydrogen-bond donors (Lipinski definition) is 0. The van der Waals surface area contributed by atoms with E-state index < -0.39 is 0 Å². The molecule has 3 aromatic carbocycles. The fraction of sp³-hybridized carbons (Fsp3) is 0.100. The SMILES string of the molecule is [B]c1ccc(N(c2ccc(OC)cc2)c2ccc(OC)cc2)cc1.